The average Bonchev–Trinajstić information content (AvgIpc) is 3.26. The van der Waals surface area contributed by atoms with Crippen molar-refractivity contribution in [1.29, 1.82) is 0 Å². The largest absolute Gasteiger partial charge is 0.321 e. The molecule has 0 bridgehead atoms. The Morgan fingerprint density at radius 1 is 0.905 bits per heavy atom. The van der Waals surface area contributed by atoms with Gasteiger partial charge in [0.2, 0.25) is 11.8 Å². The van der Waals surface area contributed by atoms with Gasteiger partial charge in [0.05, 0.1) is 10.9 Å². The summed E-state index contributed by atoms with van der Waals surface area (Å²) in [6, 6.07) is 28.2. The van der Waals surface area contributed by atoms with Gasteiger partial charge in [-0.15, -0.1) is 11.8 Å². The van der Waals surface area contributed by atoms with Gasteiger partial charge >= 0.3 is 0 Å². The van der Waals surface area contributed by atoms with Crippen LogP contribution in [0.4, 0.5) is 15.8 Å². The number of benzene rings is 4. The fraction of sp³-hybridized carbons (Fsp3) is 0.0625. The summed E-state index contributed by atoms with van der Waals surface area (Å²) in [6.45, 7) is 0. The molecule has 42 heavy (non-hydrogen) atoms. The number of carbonyl (C=O) groups is 4. The van der Waals surface area contributed by atoms with E-state index in [9.17, 15) is 23.6 Å². The van der Waals surface area contributed by atoms with Gasteiger partial charge < -0.3 is 10.6 Å². The highest BCUT2D eigenvalue weighted by Gasteiger charge is 2.40. The Kier molecular flexibility index (Phi) is 9.13. The molecule has 0 radical (unpaired) electrons. The van der Waals surface area contributed by atoms with Crippen LogP contribution in [0.5, 0.6) is 0 Å². The monoisotopic (exact) mass is 691 g/mol. The summed E-state index contributed by atoms with van der Waals surface area (Å²) in [5.74, 6) is -2.33. The third kappa shape index (κ3) is 6.94. The minimum Gasteiger partial charge on any atom is -0.321 e. The van der Waals surface area contributed by atoms with Gasteiger partial charge in [-0.2, -0.15) is 0 Å². The van der Waals surface area contributed by atoms with Gasteiger partial charge in [0.25, 0.3) is 11.8 Å². The first-order valence-electron chi connectivity index (χ1n) is 12.8. The predicted octanol–water partition coefficient (Wildman–Crippen LogP) is 6.26. The number of nitrogens with zero attached hydrogens (tertiary/aromatic N) is 1. The third-order valence-electron chi connectivity index (χ3n) is 6.29. The first-order valence-corrected chi connectivity index (χ1v) is 14.8. The molecule has 1 fully saturated rings. The smallest absolute Gasteiger partial charge is 0.272 e. The molecule has 1 saturated heterocycles. The minimum atomic E-state index is -0.665. The van der Waals surface area contributed by atoms with E-state index < -0.39 is 22.9 Å². The Labute approximate surface area is 259 Å². The maximum atomic E-state index is 14.4. The number of amides is 4. The van der Waals surface area contributed by atoms with Gasteiger partial charge in [-0.1, -0.05) is 42.5 Å². The minimum absolute atomic E-state index is 0.0487. The van der Waals surface area contributed by atoms with Crippen LogP contribution in [0.2, 0.25) is 0 Å². The zero-order chi connectivity index (χ0) is 29.6. The number of carbonyl (C=O) groups excluding carboxylic acids is 4. The summed E-state index contributed by atoms with van der Waals surface area (Å²) in [6.07, 6.45) is 1.32. The molecule has 210 valence electrons. The SMILES string of the molecule is O=C(Nc1cccc(SC2CC(=O)N(c3ccc(I)cc3)C2=O)c1)/C(=C/c1ccccc1F)NC(=O)c1ccccc1. The lowest BCUT2D eigenvalue weighted by atomic mass is 10.1. The fourth-order valence-corrected chi connectivity index (χ4v) is 5.73. The van der Waals surface area contributed by atoms with Crippen LogP contribution in [0.1, 0.15) is 22.3 Å². The molecule has 7 nitrogen and oxygen atoms in total. The van der Waals surface area contributed by atoms with Crippen molar-refractivity contribution < 1.29 is 23.6 Å². The van der Waals surface area contributed by atoms with E-state index >= 15 is 0 Å². The Hall–Kier alpha value is -4.29. The maximum Gasteiger partial charge on any atom is 0.272 e. The Bertz CT molecular complexity index is 1700. The molecular formula is C32H23FIN3O4S. The van der Waals surface area contributed by atoms with Crippen LogP contribution >= 0.6 is 34.4 Å². The summed E-state index contributed by atoms with van der Waals surface area (Å²) < 4.78 is 15.4. The number of thioether (sulfide) groups is 1. The molecule has 0 saturated carbocycles. The van der Waals surface area contributed by atoms with Gasteiger partial charge in [0.15, 0.2) is 0 Å². The lowest BCUT2D eigenvalue weighted by Crippen LogP contribution is -2.31. The number of nitrogens with one attached hydrogen (secondary N) is 2. The zero-order valence-electron chi connectivity index (χ0n) is 21.9. The number of rotatable bonds is 8. The molecule has 4 aromatic carbocycles. The highest BCUT2D eigenvalue weighted by Crippen LogP contribution is 2.35. The van der Waals surface area contributed by atoms with Crippen molar-refractivity contribution in [3.8, 4) is 0 Å². The van der Waals surface area contributed by atoms with Gasteiger partial charge in [-0.3, -0.25) is 19.2 Å². The zero-order valence-corrected chi connectivity index (χ0v) is 24.9. The predicted molar refractivity (Wildman–Crippen MR) is 169 cm³/mol. The number of halogens is 2. The van der Waals surface area contributed by atoms with Crippen molar-refractivity contribution in [1.82, 2.24) is 5.32 Å². The molecule has 1 aliphatic rings. The summed E-state index contributed by atoms with van der Waals surface area (Å²) in [4.78, 5) is 53.9. The third-order valence-corrected chi connectivity index (χ3v) is 8.19. The number of anilines is 2. The van der Waals surface area contributed by atoms with Gasteiger partial charge in [0.1, 0.15) is 11.5 Å². The molecule has 1 atom stereocenters. The Morgan fingerprint density at radius 3 is 2.36 bits per heavy atom. The van der Waals surface area contributed by atoms with Crippen molar-refractivity contribution in [2.24, 2.45) is 0 Å². The quantitative estimate of drug-likeness (QED) is 0.129. The highest BCUT2D eigenvalue weighted by molar-refractivity contribution is 14.1. The van der Waals surface area contributed by atoms with E-state index in [2.05, 4.69) is 33.2 Å². The van der Waals surface area contributed by atoms with E-state index in [1.54, 1.807) is 72.8 Å². The lowest BCUT2D eigenvalue weighted by molar-refractivity contribution is -0.121. The summed E-state index contributed by atoms with van der Waals surface area (Å²) in [5, 5.41) is 4.71. The van der Waals surface area contributed by atoms with E-state index in [-0.39, 0.29) is 29.5 Å². The van der Waals surface area contributed by atoms with Crippen molar-refractivity contribution in [2.75, 3.05) is 10.2 Å². The van der Waals surface area contributed by atoms with Crippen LogP contribution in [0, 0.1) is 9.39 Å². The number of hydrogen-bond acceptors (Lipinski definition) is 5. The van der Waals surface area contributed by atoms with Crippen LogP contribution in [0.3, 0.4) is 0 Å². The molecule has 4 aromatic rings. The molecule has 0 aromatic heterocycles. The number of imide groups is 1. The topological polar surface area (TPSA) is 95.6 Å². The second-order valence-corrected chi connectivity index (χ2v) is 11.8. The van der Waals surface area contributed by atoms with Crippen LogP contribution < -0.4 is 15.5 Å². The molecule has 4 amide bonds. The second-order valence-electron chi connectivity index (χ2n) is 9.24. The fourth-order valence-electron chi connectivity index (χ4n) is 4.26. The summed E-state index contributed by atoms with van der Waals surface area (Å²) in [7, 11) is 0. The molecule has 0 aliphatic carbocycles. The van der Waals surface area contributed by atoms with Crippen molar-refractivity contribution in [3.05, 3.63) is 129 Å². The highest BCUT2D eigenvalue weighted by atomic mass is 127. The first kappa shape index (κ1) is 29.2. The molecule has 1 unspecified atom stereocenters. The standard InChI is InChI=1S/C32H23FIN3O4S/c33-26-12-5-4-9-21(26)17-27(36-30(39)20-7-2-1-3-8-20)31(40)35-23-10-6-11-25(18-23)42-28-19-29(38)37(32(28)41)24-15-13-22(34)14-16-24/h1-18,28H,19H2,(H,35,40)(H,36,39)/b27-17-. The van der Waals surface area contributed by atoms with E-state index in [4.69, 9.17) is 0 Å². The van der Waals surface area contributed by atoms with Gasteiger partial charge in [-0.05, 0) is 89.3 Å². The van der Waals surface area contributed by atoms with Crippen LogP contribution in [-0.2, 0) is 14.4 Å². The molecule has 2 N–H and O–H groups in total. The molecular weight excluding hydrogens is 668 g/mol. The Balaban J connectivity index is 1.33. The van der Waals surface area contributed by atoms with E-state index in [0.29, 0.717) is 21.8 Å². The number of hydrogen-bond donors (Lipinski definition) is 2. The molecule has 10 heteroatoms. The average molecular weight is 692 g/mol. The van der Waals surface area contributed by atoms with Gasteiger partial charge in [0, 0.05) is 31.7 Å². The van der Waals surface area contributed by atoms with Crippen LogP contribution in [0.15, 0.2) is 114 Å². The normalized spacial score (nSPS) is 15.0. The first-order chi connectivity index (χ1) is 20.3. The molecule has 1 heterocycles. The Morgan fingerprint density at radius 2 is 1.62 bits per heavy atom. The molecule has 0 spiro atoms. The van der Waals surface area contributed by atoms with E-state index in [1.165, 1.54) is 40.9 Å². The summed E-state index contributed by atoms with van der Waals surface area (Å²) in [5.41, 5.74) is 1.23. The van der Waals surface area contributed by atoms with E-state index in [0.717, 1.165) is 3.57 Å². The van der Waals surface area contributed by atoms with Crippen LogP contribution in [0.25, 0.3) is 6.08 Å². The molecule has 1 aliphatic heterocycles. The van der Waals surface area contributed by atoms with Crippen molar-refractivity contribution >= 4 is 75.4 Å². The maximum absolute atomic E-state index is 14.4. The van der Waals surface area contributed by atoms with Crippen LogP contribution in [-0.4, -0.2) is 28.9 Å². The van der Waals surface area contributed by atoms with Gasteiger partial charge in [-0.25, -0.2) is 9.29 Å². The van der Waals surface area contributed by atoms with Crippen molar-refractivity contribution in [3.63, 3.8) is 0 Å². The second kappa shape index (κ2) is 13.1. The summed E-state index contributed by atoms with van der Waals surface area (Å²) >= 11 is 3.38. The lowest BCUT2D eigenvalue weighted by Gasteiger charge is -2.15. The van der Waals surface area contributed by atoms with E-state index in [1.807, 2.05) is 12.1 Å². The van der Waals surface area contributed by atoms with Crippen molar-refractivity contribution in [2.45, 2.75) is 16.6 Å². The molecule has 5 rings (SSSR count).